The highest BCUT2D eigenvalue weighted by Gasteiger charge is 2.09. The number of halogens is 1. The van der Waals surface area contributed by atoms with E-state index < -0.39 is 0 Å². The number of hydrogen-bond acceptors (Lipinski definition) is 3. The minimum Gasteiger partial charge on any atom is -0.323 e. The second-order valence-electron chi connectivity index (χ2n) is 3.08. The van der Waals surface area contributed by atoms with Crippen molar-refractivity contribution in [2.45, 2.75) is 12.5 Å². The summed E-state index contributed by atoms with van der Waals surface area (Å²) >= 11 is 9.12. The molecule has 0 aromatic carbocycles. The van der Waals surface area contributed by atoms with Crippen molar-refractivity contribution < 1.29 is 0 Å². The van der Waals surface area contributed by atoms with Crippen LogP contribution in [0.15, 0.2) is 29.0 Å². The number of rotatable bonds is 3. The van der Waals surface area contributed by atoms with Gasteiger partial charge >= 0.3 is 0 Å². The standard InChI is InChI=1S/C10H10ClNS2/c11-10-2-1-9(14-10)8(12)5-7-3-4-13-6-7/h1-4,6,8H,5,12H2. The summed E-state index contributed by atoms with van der Waals surface area (Å²) in [5.41, 5.74) is 7.35. The Balaban J connectivity index is 2.06. The van der Waals surface area contributed by atoms with E-state index in [1.54, 1.807) is 22.7 Å². The Labute approximate surface area is 96.1 Å². The van der Waals surface area contributed by atoms with Crippen LogP contribution in [0, 0.1) is 0 Å². The molecule has 0 aliphatic rings. The van der Waals surface area contributed by atoms with Gasteiger partial charge in [0, 0.05) is 10.9 Å². The van der Waals surface area contributed by atoms with Gasteiger partial charge in [0.15, 0.2) is 0 Å². The summed E-state index contributed by atoms with van der Waals surface area (Å²) < 4.78 is 0.806. The van der Waals surface area contributed by atoms with Crippen LogP contribution in [0.5, 0.6) is 0 Å². The minimum atomic E-state index is 0.0714. The minimum absolute atomic E-state index is 0.0714. The first-order valence-corrected chi connectivity index (χ1v) is 6.41. The van der Waals surface area contributed by atoms with Crippen molar-refractivity contribution in [3.63, 3.8) is 0 Å². The van der Waals surface area contributed by atoms with E-state index in [-0.39, 0.29) is 6.04 Å². The van der Waals surface area contributed by atoms with Crippen LogP contribution in [0.2, 0.25) is 4.34 Å². The highest BCUT2D eigenvalue weighted by Crippen LogP contribution is 2.27. The van der Waals surface area contributed by atoms with Gasteiger partial charge in [0.05, 0.1) is 4.34 Å². The molecule has 0 spiro atoms. The average Bonchev–Trinajstić information content (AvgIpc) is 2.75. The van der Waals surface area contributed by atoms with Crippen molar-refractivity contribution in [3.05, 3.63) is 43.7 Å². The van der Waals surface area contributed by atoms with Crippen molar-refractivity contribution in [2.75, 3.05) is 0 Å². The molecule has 2 N–H and O–H groups in total. The maximum absolute atomic E-state index is 6.06. The van der Waals surface area contributed by atoms with E-state index in [4.69, 9.17) is 17.3 Å². The van der Waals surface area contributed by atoms with Gasteiger partial charge < -0.3 is 5.73 Å². The molecule has 2 rings (SSSR count). The molecule has 2 aromatic rings. The predicted octanol–water partition coefficient (Wildman–Crippen LogP) is 3.71. The lowest BCUT2D eigenvalue weighted by atomic mass is 10.1. The molecule has 1 nitrogen and oxygen atoms in total. The molecule has 0 saturated carbocycles. The third kappa shape index (κ3) is 2.36. The van der Waals surface area contributed by atoms with Crippen LogP contribution in [-0.2, 0) is 6.42 Å². The molecule has 0 radical (unpaired) electrons. The van der Waals surface area contributed by atoms with Crippen LogP contribution in [-0.4, -0.2) is 0 Å². The average molecular weight is 244 g/mol. The molecule has 0 fully saturated rings. The summed E-state index contributed by atoms with van der Waals surface area (Å²) in [6.07, 6.45) is 0.889. The highest BCUT2D eigenvalue weighted by molar-refractivity contribution is 7.16. The Kier molecular flexibility index (Phi) is 3.23. The third-order valence-electron chi connectivity index (χ3n) is 2.00. The van der Waals surface area contributed by atoms with Crippen LogP contribution in [0.25, 0.3) is 0 Å². The van der Waals surface area contributed by atoms with Gasteiger partial charge in [0.25, 0.3) is 0 Å². The summed E-state index contributed by atoms with van der Waals surface area (Å²) in [5.74, 6) is 0. The molecule has 0 aliphatic heterocycles. The summed E-state index contributed by atoms with van der Waals surface area (Å²) in [7, 11) is 0. The second-order valence-corrected chi connectivity index (χ2v) is 5.61. The zero-order chi connectivity index (χ0) is 9.97. The van der Waals surface area contributed by atoms with Crippen LogP contribution in [0.1, 0.15) is 16.5 Å². The van der Waals surface area contributed by atoms with E-state index in [1.807, 2.05) is 12.1 Å². The first kappa shape index (κ1) is 10.2. The van der Waals surface area contributed by atoms with Crippen molar-refractivity contribution >= 4 is 34.3 Å². The molecule has 0 bridgehead atoms. The number of hydrogen-bond donors (Lipinski definition) is 1. The van der Waals surface area contributed by atoms with E-state index in [0.29, 0.717) is 0 Å². The molecule has 74 valence electrons. The molecule has 0 aliphatic carbocycles. The first-order chi connectivity index (χ1) is 6.75. The van der Waals surface area contributed by atoms with E-state index in [1.165, 1.54) is 5.56 Å². The highest BCUT2D eigenvalue weighted by atomic mass is 35.5. The molecular formula is C10H10ClNS2. The van der Waals surface area contributed by atoms with Crippen molar-refractivity contribution in [2.24, 2.45) is 5.73 Å². The second kappa shape index (κ2) is 4.45. The van der Waals surface area contributed by atoms with Crippen LogP contribution in [0.4, 0.5) is 0 Å². The Morgan fingerprint density at radius 2 is 2.21 bits per heavy atom. The summed E-state index contributed by atoms with van der Waals surface area (Å²) in [4.78, 5) is 1.15. The van der Waals surface area contributed by atoms with Crippen molar-refractivity contribution in [3.8, 4) is 0 Å². The summed E-state index contributed by atoms with van der Waals surface area (Å²) in [6.45, 7) is 0. The SMILES string of the molecule is NC(Cc1ccsc1)c1ccc(Cl)s1. The van der Waals surface area contributed by atoms with Crippen LogP contribution in [0.3, 0.4) is 0 Å². The Morgan fingerprint density at radius 3 is 2.79 bits per heavy atom. The molecule has 0 amide bonds. The van der Waals surface area contributed by atoms with Crippen LogP contribution >= 0.6 is 34.3 Å². The van der Waals surface area contributed by atoms with Gasteiger partial charge in [-0.15, -0.1) is 11.3 Å². The first-order valence-electron chi connectivity index (χ1n) is 4.27. The predicted molar refractivity (Wildman–Crippen MR) is 64.3 cm³/mol. The Morgan fingerprint density at radius 1 is 1.36 bits per heavy atom. The van der Waals surface area contributed by atoms with E-state index in [2.05, 4.69) is 16.8 Å². The molecule has 2 heterocycles. The van der Waals surface area contributed by atoms with Gasteiger partial charge in [0.1, 0.15) is 0 Å². The van der Waals surface area contributed by atoms with E-state index in [0.717, 1.165) is 15.6 Å². The molecule has 1 unspecified atom stereocenters. The van der Waals surface area contributed by atoms with Gasteiger partial charge in [0.2, 0.25) is 0 Å². The van der Waals surface area contributed by atoms with E-state index >= 15 is 0 Å². The topological polar surface area (TPSA) is 26.0 Å². The Bertz CT molecular complexity index is 394. The monoisotopic (exact) mass is 243 g/mol. The quantitative estimate of drug-likeness (QED) is 0.874. The lowest BCUT2D eigenvalue weighted by Gasteiger charge is -2.07. The van der Waals surface area contributed by atoms with Gasteiger partial charge in [-0.2, -0.15) is 11.3 Å². The fourth-order valence-electron chi connectivity index (χ4n) is 1.29. The van der Waals surface area contributed by atoms with Gasteiger partial charge in [-0.25, -0.2) is 0 Å². The molecule has 2 aromatic heterocycles. The molecule has 4 heteroatoms. The maximum atomic E-state index is 6.06. The van der Waals surface area contributed by atoms with E-state index in [9.17, 15) is 0 Å². The smallest absolute Gasteiger partial charge is 0.0931 e. The molecule has 1 atom stereocenters. The van der Waals surface area contributed by atoms with Crippen molar-refractivity contribution in [1.82, 2.24) is 0 Å². The Hall–Kier alpha value is -0.350. The lowest BCUT2D eigenvalue weighted by Crippen LogP contribution is -2.11. The maximum Gasteiger partial charge on any atom is 0.0931 e. The fourth-order valence-corrected chi connectivity index (χ4v) is 3.03. The normalized spacial score (nSPS) is 13.0. The third-order valence-corrected chi connectivity index (χ3v) is 4.09. The fraction of sp³-hybridized carbons (Fsp3) is 0.200. The van der Waals surface area contributed by atoms with Crippen LogP contribution < -0.4 is 5.73 Å². The van der Waals surface area contributed by atoms with Crippen molar-refractivity contribution in [1.29, 1.82) is 0 Å². The zero-order valence-corrected chi connectivity index (χ0v) is 9.83. The van der Waals surface area contributed by atoms with Gasteiger partial charge in [-0.3, -0.25) is 0 Å². The molecule has 14 heavy (non-hydrogen) atoms. The summed E-state index contributed by atoms with van der Waals surface area (Å²) in [5, 5.41) is 4.21. The lowest BCUT2D eigenvalue weighted by molar-refractivity contribution is 0.738. The molecule has 0 saturated heterocycles. The summed E-state index contributed by atoms with van der Waals surface area (Å²) in [6, 6.07) is 6.08. The number of thiophene rings is 2. The number of nitrogens with two attached hydrogens (primary N) is 1. The zero-order valence-electron chi connectivity index (χ0n) is 7.44. The van der Waals surface area contributed by atoms with Gasteiger partial charge in [-0.1, -0.05) is 11.6 Å². The largest absolute Gasteiger partial charge is 0.323 e. The van der Waals surface area contributed by atoms with Gasteiger partial charge in [-0.05, 0) is 40.9 Å². The molecular weight excluding hydrogens is 234 g/mol.